The second kappa shape index (κ2) is 6.61. The Morgan fingerprint density at radius 2 is 2.27 bits per heavy atom. The van der Waals surface area contributed by atoms with E-state index in [9.17, 15) is 4.79 Å². The van der Waals surface area contributed by atoms with Crippen molar-refractivity contribution in [3.63, 3.8) is 0 Å². The van der Waals surface area contributed by atoms with Gasteiger partial charge in [0, 0.05) is 0 Å². The predicted molar refractivity (Wildman–Crippen MR) is 45.6 cm³/mol. The molecule has 0 saturated carbocycles. The number of carbonyl (C=O) groups is 1. The third-order valence-electron chi connectivity index (χ3n) is 1.41. The van der Waals surface area contributed by atoms with E-state index in [2.05, 4.69) is 27.7 Å². The van der Waals surface area contributed by atoms with Crippen LogP contribution in [0.5, 0.6) is 0 Å². The highest BCUT2D eigenvalue weighted by Gasteiger charge is 2.15. The van der Waals surface area contributed by atoms with Gasteiger partial charge in [-0.05, 0) is 6.42 Å². The molecular formula is C7H13BrO3. The van der Waals surface area contributed by atoms with Crippen LogP contribution < -0.4 is 0 Å². The smallest absolute Gasteiger partial charge is 0.300 e. The number of hydrogen-bond donors (Lipinski definition) is 1. The fourth-order valence-electron chi connectivity index (χ4n) is 0.749. The minimum Gasteiger partial charge on any atom is -0.300 e. The van der Waals surface area contributed by atoms with E-state index < -0.39 is 5.97 Å². The Labute approximate surface area is 74.8 Å². The minimum atomic E-state index is -0.610. The normalized spacial score (nSPS) is 12.6. The van der Waals surface area contributed by atoms with Crippen LogP contribution in [0.15, 0.2) is 0 Å². The lowest BCUT2D eigenvalue weighted by molar-refractivity contribution is -0.233. The van der Waals surface area contributed by atoms with Crippen LogP contribution >= 0.6 is 15.9 Å². The molecule has 1 N–H and O–H groups in total. The Bertz CT molecular complexity index is 116. The van der Waals surface area contributed by atoms with Crippen LogP contribution in [-0.2, 0) is 9.68 Å². The third-order valence-corrected chi connectivity index (χ3v) is 2.24. The largest absolute Gasteiger partial charge is 0.355 e. The fraction of sp³-hybridized carbons (Fsp3) is 0.857. The van der Waals surface area contributed by atoms with Gasteiger partial charge in [0.1, 0.15) is 4.83 Å². The first kappa shape index (κ1) is 10.9. The summed E-state index contributed by atoms with van der Waals surface area (Å²) >= 11 is 3.10. The first-order valence-corrected chi connectivity index (χ1v) is 4.63. The van der Waals surface area contributed by atoms with Gasteiger partial charge in [0.25, 0.3) is 0 Å². The molecule has 0 bridgehead atoms. The van der Waals surface area contributed by atoms with Gasteiger partial charge in [-0.1, -0.05) is 42.1 Å². The maximum absolute atomic E-state index is 10.6. The number of hydrogen-bond acceptors (Lipinski definition) is 3. The Morgan fingerprint density at radius 3 is 2.73 bits per heavy atom. The molecule has 0 aromatic rings. The van der Waals surface area contributed by atoms with Crippen molar-refractivity contribution >= 4 is 21.9 Å². The van der Waals surface area contributed by atoms with Crippen molar-refractivity contribution in [3.8, 4) is 0 Å². The topological polar surface area (TPSA) is 46.5 Å². The van der Waals surface area contributed by atoms with E-state index in [1.165, 1.54) is 0 Å². The Balaban J connectivity index is 3.36. The number of unbranched alkanes of at least 4 members (excludes halogenated alkanes) is 2. The first-order valence-electron chi connectivity index (χ1n) is 3.71. The van der Waals surface area contributed by atoms with Crippen molar-refractivity contribution in [1.82, 2.24) is 0 Å². The zero-order valence-electron chi connectivity index (χ0n) is 6.55. The van der Waals surface area contributed by atoms with Gasteiger partial charge >= 0.3 is 5.97 Å². The molecule has 0 radical (unpaired) electrons. The Hall–Kier alpha value is -0.0900. The van der Waals surface area contributed by atoms with E-state index in [-0.39, 0.29) is 4.83 Å². The second-order valence-corrected chi connectivity index (χ2v) is 3.48. The van der Waals surface area contributed by atoms with Gasteiger partial charge in [-0.3, -0.25) is 4.89 Å². The summed E-state index contributed by atoms with van der Waals surface area (Å²) in [5.41, 5.74) is 0. The van der Waals surface area contributed by atoms with Crippen molar-refractivity contribution in [2.45, 2.75) is 37.4 Å². The Morgan fingerprint density at radius 1 is 1.64 bits per heavy atom. The predicted octanol–water partition coefficient (Wildman–Crippen LogP) is 2.35. The summed E-state index contributed by atoms with van der Waals surface area (Å²) in [7, 11) is 0. The second-order valence-electron chi connectivity index (χ2n) is 2.37. The van der Waals surface area contributed by atoms with Crippen molar-refractivity contribution in [3.05, 3.63) is 0 Å². The Kier molecular flexibility index (Phi) is 6.56. The molecule has 11 heavy (non-hydrogen) atoms. The molecule has 4 heteroatoms. The molecule has 0 aliphatic heterocycles. The summed E-state index contributed by atoms with van der Waals surface area (Å²) in [5, 5.41) is 7.98. The van der Waals surface area contributed by atoms with Crippen LogP contribution in [0.1, 0.15) is 32.6 Å². The van der Waals surface area contributed by atoms with E-state index in [1.807, 2.05) is 0 Å². The molecule has 0 amide bonds. The SMILES string of the molecule is CCCCCC(Br)C(=O)OO. The molecule has 66 valence electrons. The van der Waals surface area contributed by atoms with E-state index >= 15 is 0 Å². The van der Waals surface area contributed by atoms with Crippen molar-refractivity contribution in [1.29, 1.82) is 0 Å². The lowest BCUT2D eigenvalue weighted by Gasteiger charge is -2.03. The third kappa shape index (κ3) is 5.21. The summed E-state index contributed by atoms with van der Waals surface area (Å²) in [4.78, 5) is 13.8. The highest BCUT2D eigenvalue weighted by Crippen LogP contribution is 2.11. The lowest BCUT2D eigenvalue weighted by Crippen LogP contribution is -2.15. The van der Waals surface area contributed by atoms with Gasteiger partial charge in [0.05, 0.1) is 0 Å². The van der Waals surface area contributed by atoms with Crippen LogP contribution in [0.4, 0.5) is 0 Å². The maximum atomic E-state index is 10.6. The summed E-state index contributed by atoms with van der Waals surface area (Å²) in [6.45, 7) is 2.09. The molecule has 0 heterocycles. The zero-order valence-corrected chi connectivity index (χ0v) is 8.13. The van der Waals surface area contributed by atoms with Gasteiger partial charge in [-0.2, -0.15) is 5.26 Å². The van der Waals surface area contributed by atoms with Crippen LogP contribution in [0.2, 0.25) is 0 Å². The highest BCUT2D eigenvalue weighted by atomic mass is 79.9. The molecule has 1 atom stereocenters. The lowest BCUT2D eigenvalue weighted by atomic mass is 10.2. The first-order chi connectivity index (χ1) is 5.22. The molecule has 0 aromatic heterocycles. The van der Waals surface area contributed by atoms with Crippen molar-refractivity contribution < 1.29 is 14.9 Å². The average Bonchev–Trinajstić information content (AvgIpc) is 2.03. The molecule has 0 aliphatic carbocycles. The summed E-state index contributed by atoms with van der Waals surface area (Å²) in [6.07, 6.45) is 3.91. The van der Waals surface area contributed by atoms with Gasteiger partial charge in [0.15, 0.2) is 0 Å². The van der Waals surface area contributed by atoms with E-state index in [0.29, 0.717) is 6.42 Å². The number of alkyl halides is 1. The standard InChI is InChI=1S/C7H13BrO3/c1-2-3-4-5-6(8)7(9)11-10/h6,10H,2-5H2,1H3. The number of halogens is 1. The quantitative estimate of drug-likeness (QED) is 0.338. The van der Waals surface area contributed by atoms with Crippen LogP contribution in [0.25, 0.3) is 0 Å². The van der Waals surface area contributed by atoms with E-state index in [1.54, 1.807) is 0 Å². The van der Waals surface area contributed by atoms with E-state index in [4.69, 9.17) is 5.26 Å². The number of rotatable bonds is 5. The van der Waals surface area contributed by atoms with Crippen LogP contribution in [-0.4, -0.2) is 16.1 Å². The minimum absolute atomic E-state index is 0.362. The van der Waals surface area contributed by atoms with E-state index in [0.717, 1.165) is 19.3 Å². The molecule has 0 spiro atoms. The maximum Gasteiger partial charge on any atom is 0.355 e. The van der Waals surface area contributed by atoms with Crippen molar-refractivity contribution in [2.24, 2.45) is 0 Å². The van der Waals surface area contributed by atoms with Crippen LogP contribution in [0, 0.1) is 0 Å². The summed E-state index contributed by atoms with van der Waals surface area (Å²) < 4.78 is 0. The molecule has 0 aromatic carbocycles. The molecule has 0 saturated heterocycles. The molecule has 0 aliphatic rings. The van der Waals surface area contributed by atoms with Gasteiger partial charge in [-0.25, -0.2) is 4.79 Å². The fourth-order valence-corrected chi connectivity index (χ4v) is 1.16. The average molecular weight is 225 g/mol. The molecule has 0 fully saturated rings. The van der Waals surface area contributed by atoms with Gasteiger partial charge in [0.2, 0.25) is 0 Å². The number of carbonyl (C=O) groups excluding carboxylic acids is 1. The molecule has 3 nitrogen and oxygen atoms in total. The molecule has 0 rings (SSSR count). The molecule has 1 unspecified atom stereocenters. The zero-order chi connectivity index (χ0) is 8.69. The molecular weight excluding hydrogens is 212 g/mol. The summed E-state index contributed by atoms with van der Waals surface area (Å²) in [6, 6.07) is 0. The highest BCUT2D eigenvalue weighted by molar-refractivity contribution is 9.10. The van der Waals surface area contributed by atoms with Crippen molar-refractivity contribution in [2.75, 3.05) is 0 Å². The van der Waals surface area contributed by atoms with Crippen LogP contribution in [0.3, 0.4) is 0 Å². The summed E-state index contributed by atoms with van der Waals surface area (Å²) in [5.74, 6) is -0.610. The van der Waals surface area contributed by atoms with Gasteiger partial charge < -0.3 is 0 Å². The van der Waals surface area contributed by atoms with Gasteiger partial charge in [-0.15, -0.1) is 0 Å². The monoisotopic (exact) mass is 224 g/mol.